The van der Waals surface area contributed by atoms with Gasteiger partial charge < -0.3 is 14.2 Å². The number of carbonyl (C=O) groups is 1. The zero-order valence-corrected chi connectivity index (χ0v) is 13.4. The highest BCUT2D eigenvalue weighted by Crippen LogP contribution is 2.32. The third kappa shape index (κ3) is 2.66. The van der Waals surface area contributed by atoms with Crippen LogP contribution >= 0.6 is 11.6 Å². The van der Waals surface area contributed by atoms with Crippen molar-refractivity contribution in [3.8, 4) is 11.8 Å². The lowest BCUT2D eigenvalue weighted by Crippen LogP contribution is -2.37. The van der Waals surface area contributed by atoms with Gasteiger partial charge in [0.1, 0.15) is 12.0 Å². The summed E-state index contributed by atoms with van der Waals surface area (Å²) >= 11 is 5.96. The maximum Gasteiger partial charge on any atom is 0.260 e. The number of carbonyl (C=O) groups excluding carboxylic acids is 1. The number of hydrogen-bond donors (Lipinski definition) is 0. The minimum atomic E-state index is -0.393. The second-order valence-corrected chi connectivity index (χ2v) is 6.08. The second-order valence-electron chi connectivity index (χ2n) is 5.64. The van der Waals surface area contributed by atoms with Gasteiger partial charge in [-0.2, -0.15) is 0 Å². The summed E-state index contributed by atoms with van der Waals surface area (Å²) < 4.78 is 4.97. The van der Waals surface area contributed by atoms with Crippen LogP contribution in [0.1, 0.15) is 22.3 Å². The van der Waals surface area contributed by atoms with Crippen LogP contribution in [0.25, 0.3) is 0 Å². The van der Waals surface area contributed by atoms with Gasteiger partial charge in [0.05, 0.1) is 17.7 Å². The van der Waals surface area contributed by atoms with Gasteiger partial charge in [-0.15, -0.1) is 0 Å². The lowest BCUT2D eigenvalue weighted by atomic mass is 10.0. The van der Waals surface area contributed by atoms with E-state index in [4.69, 9.17) is 20.9 Å². The van der Waals surface area contributed by atoms with Gasteiger partial charge in [-0.1, -0.05) is 28.7 Å². The van der Waals surface area contributed by atoms with Crippen molar-refractivity contribution < 1.29 is 14.0 Å². The SMILES string of the molecule is O=C(c1ccoc1)N1CCC2C(C#Cc3cccc(Cl)c3)=NOC21. The highest BCUT2D eigenvalue weighted by atomic mass is 35.5. The fourth-order valence-corrected chi connectivity index (χ4v) is 3.12. The molecule has 0 radical (unpaired) electrons. The van der Waals surface area contributed by atoms with Crippen molar-refractivity contribution in [1.29, 1.82) is 0 Å². The second kappa shape index (κ2) is 6.06. The van der Waals surface area contributed by atoms with Gasteiger partial charge in [0, 0.05) is 17.1 Å². The normalized spacial score (nSPS) is 21.5. The van der Waals surface area contributed by atoms with Crippen molar-refractivity contribution in [2.75, 3.05) is 6.54 Å². The molecule has 0 N–H and O–H groups in total. The smallest absolute Gasteiger partial charge is 0.260 e. The molecule has 1 fully saturated rings. The van der Waals surface area contributed by atoms with E-state index in [0.717, 1.165) is 12.0 Å². The molecule has 120 valence electrons. The van der Waals surface area contributed by atoms with E-state index in [-0.39, 0.29) is 11.8 Å². The molecule has 5 nitrogen and oxygen atoms in total. The van der Waals surface area contributed by atoms with Crippen molar-refractivity contribution in [3.05, 3.63) is 59.0 Å². The molecule has 1 aromatic heterocycles. The Balaban J connectivity index is 1.50. The molecule has 24 heavy (non-hydrogen) atoms. The summed E-state index contributed by atoms with van der Waals surface area (Å²) in [6, 6.07) is 8.98. The first-order valence-electron chi connectivity index (χ1n) is 7.57. The Labute approximate surface area is 143 Å². The number of nitrogens with zero attached hydrogens (tertiary/aromatic N) is 2. The standard InChI is InChI=1S/C18H13ClN2O3/c19-14-3-1-2-12(10-14)4-5-16-15-6-8-21(18(15)24-20-16)17(22)13-7-9-23-11-13/h1-3,7,9-11,15,18H,6,8H2. The van der Waals surface area contributed by atoms with Gasteiger partial charge in [0.15, 0.2) is 0 Å². The summed E-state index contributed by atoms with van der Waals surface area (Å²) in [5.41, 5.74) is 2.00. The molecule has 3 heterocycles. The van der Waals surface area contributed by atoms with Crippen molar-refractivity contribution in [1.82, 2.24) is 4.90 Å². The predicted molar refractivity (Wildman–Crippen MR) is 88.5 cm³/mol. The quantitative estimate of drug-likeness (QED) is 0.749. The Hall–Kier alpha value is -2.71. The van der Waals surface area contributed by atoms with Gasteiger partial charge >= 0.3 is 0 Å². The monoisotopic (exact) mass is 340 g/mol. The zero-order chi connectivity index (χ0) is 16.5. The largest absolute Gasteiger partial charge is 0.472 e. The number of amides is 1. The molecule has 2 atom stereocenters. The number of hydrogen-bond acceptors (Lipinski definition) is 4. The first kappa shape index (κ1) is 14.9. The first-order chi connectivity index (χ1) is 11.7. The summed E-state index contributed by atoms with van der Waals surface area (Å²) in [6.45, 7) is 0.608. The summed E-state index contributed by atoms with van der Waals surface area (Å²) in [7, 11) is 0. The Morgan fingerprint density at radius 3 is 3.04 bits per heavy atom. The number of likely N-dealkylation sites (tertiary alicyclic amines) is 1. The van der Waals surface area contributed by atoms with Crippen LogP contribution in [0.4, 0.5) is 0 Å². The summed E-state index contributed by atoms with van der Waals surface area (Å²) in [5, 5.41) is 4.71. The van der Waals surface area contributed by atoms with Crippen LogP contribution in [0.3, 0.4) is 0 Å². The molecule has 2 aliphatic heterocycles. The molecule has 0 spiro atoms. The molecule has 4 rings (SSSR count). The Morgan fingerprint density at radius 1 is 1.33 bits per heavy atom. The number of rotatable bonds is 1. The molecule has 2 unspecified atom stereocenters. The third-order valence-electron chi connectivity index (χ3n) is 4.13. The molecular weight excluding hydrogens is 328 g/mol. The Kier molecular flexibility index (Phi) is 3.75. The molecule has 6 heteroatoms. The van der Waals surface area contributed by atoms with E-state index in [1.807, 2.05) is 12.1 Å². The lowest BCUT2D eigenvalue weighted by molar-refractivity contribution is -0.0173. The van der Waals surface area contributed by atoms with E-state index < -0.39 is 6.23 Å². The Bertz CT molecular complexity index is 864. The number of furan rings is 1. The van der Waals surface area contributed by atoms with E-state index in [1.54, 1.807) is 23.1 Å². The van der Waals surface area contributed by atoms with E-state index in [9.17, 15) is 4.79 Å². The van der Waals surface area contributed by atoms with Crippen molar-refractivity contribution in [3.63, 3.8) is 0 Å². The molecule has 1 aromatic carbocycles. The maximum atomic E-state index is 12.5. The number of halogens is 1. The fraction of sp³-hybridized carbons (Fsp3) is 0.222. The summed E-state index contributed by atoms with van der Waals surface area (Å²) in [4.78, 5) is 19.6. The van der Waals surface area contributed by atoms with Gasteiger partial charge in [-0.25, -0.2) is 0 Å². The maximum absolute atomic E-state index is 12.5. The first-order valence-corrected chi connectivity index (χ1v) is 7.94. The number of benzene rings is 1. The molecule has 2 aromatic rings. The zero-order valence-electron chi connectivity index (χ0n) is 12.6. The summed E-state index contributed by atoms with van der Waals surface area (Å²) in [5.74, 6) is 5.99. The lowest BCUT2D eigenvalue weighted by Gasteiger charge is -2.20. The van der Waals surface area contributed by atoms with Crippen LogP contribution in [0, 0.1) is 17.8 Å². The minimum absolute atomic E-state index is 0.00698. The van der Waals surface area contributed by atoms with Crippen molar-refractivity contribution in [2.45, 2.75) is 12.6 Å². The molecule has 1 amide bonds. The highest BCUT2D eigenvalue weighted by molar-refractivity contribution is 6.30. The number of oxime groups is 1. The van der Waals surface area contributed by atoms with Crippen LogP contribution in [0.5, 0.6) is 0 Å². The van der Waals surface area contributed by atoms with Gasteiger partial charge in [0.2, 0.25) is 6.23 Å². The summed E-state index contributed by atoms with van der Waals surface area (Å²) in [6.07, 6.45) is 3.30. The van der Waals surface area contributed by atoms with E-state index in [1.165, 1.54) is 12.5 Å². The van der Waals surface area contributed by atoms with Crippen LogP contribution in [-0.2, 0) is 4.84 Å². The van der Waals surface area contributed by atoms with Gasteiger partial charge in [0.25, 0.3) is 5.91 Å². The van der Waals surface area contributed by atoms with E-state index in [0.29, 0.717) is 22.8 Å². The van der Waals surface area contributed by atoms with Crippen LogP contribution in [0.2, 0.25) is 5.02 Å². The minimum Gasteiger partial charge on any atom is -0.472 e. The Morgan fingerprint density at radius 2 is 2.25 bits per heavy atom. The molecule has 1 saturated heterocycles. The topological polar surface area (TPSA) is 55.0 Å². The van der Waals surface area contributed by atoms with Gasteiger partial charge in [-0.05, 0) is 36.6 Å². The van der Waals surface area contributed by atoms with Crippen LogP contribution < -0.4 is 0 Å². The van der Waals surface area contributed by atoms with E-state index in [2.05, 4.69) is 17.0 Å². The molecule has 0 saturated carbocycles. The molecule has 0 bridgehead atoms. The number of fused-ring (bicyclic) bond motifs is 1. The highest BCUT2D eigenvalue weighted by Gasteiger charge is 2.45. The average molecular weight is 341 g/mol. The predicted octanol–water partition coefficient (Wildman–Crippen LogP) is 3.16. The third-order valence-corrected chi connectivity index (χ3v) is 4.37. The molecule has 2 aliphatic rings. The van der Waals surface area contributed by atoms with E-state index >= 15 is 0 Å². The van der Waals surface area contributed by atoms with Gasteiger partial charge in [-0.3, -0.25) is 4.79 Å². The van der Waals surface area contributed by atoms with Crippen LogP contribution in [0.15, 0.2) is 52.4 Å². The van der Waals surface area contributed by atoms with Crippen LogP contribution in [-0.4, -0.2) is 29.3 Å². The average Bonchev–Trinajstić information content (AvgIpc) is 3.30. The fourth-order valence-electron chi connectivity index (χ4n) is 2.93. The van der Waals surface area contributed by atoms with Crippen molar-refractivity contribution in [2.24, 2.45) is 11.1 Å². The molecule has 0 aliphatic carbocycles. The van der Waals surface area contributed by atoms with Crippen molar-refractivity contribution >= 4 is 23.2 Å². The molecular formula is C18H13ClN2O3.